The minimum absolute atomic E-state index is 0.100. The molecule has 1 aliphatic heterocycles. The van der Waals surface area contributed by atoms with E-state index in [-0.39, 0.29) is 28.5 Å². The molecule has 2 atom stereocenters. The summed E-state index contributed by atoms with van der Waals surface area (Å²) in [6.45, 7) is 9.44. The van der Waals surface area contributed by atoms with Gasteiger partial charge in [0.25, 0.3) is 15.9 Å². The van der Waals surface area contributed by atoms with Crippen molar-refractivity contribution in [3.05, 3.63) is 29.8 Å². The van der Waals surface area contributed by atoms with Crippen LogP contribution in [0.1, 0.15) is 40.2 Å². The molecule has 1 amide bonds. The second kappa shape index (κ2) is 8.72. The van der Waals surface area contributed by atoms with Crippen LogP contribution in [0.4, 0.5) is 0 Å². The van der Waals surface area contributed by atoms with Crippen LogP contribution < -0.4 is 10.0 Å². The Morgan fingerprint density at radius 3 is 2.39 bits per heavy atom. The van der Waals surface area contributed by atoms with Gasteiger partial charge in [0.05, 0.1) is 4.90 Å². The fourth-order valence-electron chi connectivity index (χ4n) is 2.59. The predicted octanol–water partition coefficient (Wildman–Crippen LogP) is 1.45. The summed E-state index contributed by atoms with van der Waals surface area (Å²) in [5.41, 5.74) is 0.406. The monoisotopic (exact) mass is 409 g/mol. The second-order valence-electron chi connectivity index (χ2n) is 7.49. The SMILES string of the molecule is CC(C)CNC(=O)[C@@H](C)OC(=O)[C@@H](N=C1NS(=O)(=O)c2ccccc21)C(C)C. The van der Waals surface area contributed by atoms with E-state index in [2.05, 4.69) is 15.0 Å². The maximum absolute atomic E-state index is 12.6. The number of aliphatic imine (C=N–C) groups is 1. The summed E-state index contributed by atoms with van der Waals surface area (Å²) in [7, 11) is -3.70. The summed E-state index contributed by atoms with van der Waals surface area (Å²) >= 11 is 0. The molecule has 28 heavy (non-hydrogen) atoms. The highest BCUT2D eigenvalue weighted by atomic mass is 32.2. The van der Waals surface area contributed by atoms with E-state index in [1.54, 1.807) is 32.0 Å². The Labute approximate surface area is 165 Å². The Hall–Kier alpha value is -2.42. The number of sulfonamides is 1. The molecule has 0 fully saturated rings. The number of fused-ring (bicyclic) bond motifs is 1. The van der Waals surface area contributed by atoms with E-state index in [0.717, 1.165) is 0 Å². The minimum atomic E-state index is -3.70. The summed E-state index contributed by atoms with van der Waals surface area (Å²) in [5, 5.41) is 2.71. The molecule has 154 valence electrons. The van der Waals surface area contributed by atoms with Crippen molar-refractivity contribution in [1.29, 1.82) is 0 Å². The summed E-state index contributed by atoms with van der Waals surface area (Å²) in [5.74, 6) is -0.953. The zero-order valence-corrected chi connectivity index (χ0v) is 17.5. The van der Waals surface area contributed by atoms with E-state index in [1.165, 1.54) is 13.0 Å². The van der Waals surface area contributed by atoms with E-state index < -0.39 is 28.1 Å². The van der Waals surface area contributed by atoms with Crippen molar-refractivity contribution in [3.63, 3.8) is 0 Å². The fraction of sp³-hybridized carbons (Fsp3) is 0.526. The molecule has 0 bridgehead atoms. The molecule has 1 aromatic carbocycles. The Kier molecular flexibility index (Phi) is 6.82. The zero-order valence-electron chi connectivity index (χ0n) is 16.7. The van der Waals surface area contributed by atoms with Crippen molar-refractivity contribution in [2.24, 2.45) is 16.8 Å². The highest BCUT2D eigenvalue weighted by Crippen LogP contribution is 2.23. The largest absolute Gasteiger partial charge is 0.451 e. The van der Waals surface area contributed by atoms with Gasteiger partial charge in [0, 0.05) is 12.1 Å². The molecule has 2 N–H and O–H groups in total. The van der Waals surface area contributed by atoms with Gasteiger partial charge >= 0.3 is 5.97 Å². The van der Waals surface area contributed by atoms with Crippen molar-refractivity contribution in [2.75, 3.05) is 6.54 Å². The number of rotatable bonds is 7. The van der Waals surface area contributed by atoms with Gasteiger partial charge in [-0.25, -0.2) is 13.2 Å². The first-order valence-electron chi connectivity index (χ1n) is 9.21. The third-order valence-electron chi connectivity index (χ3n) is 4.15. The third kappa shape index (κ3) is 5.09. The number of ether oxygens (including phenoxy) is 1. The molecule has 9 heteroatoms. The van der Waals surface area contributed by atoms with E-state index in [0.29, 0.717) is 12.1 Å². The number of nitrogens with one attached hydrogen (secondary N) is 2. The lowest BCUT2D eigenvalue weighted by Gasteiger charge is -2.20. The number of benzene rings is 1. The lowest BCUT2D eigenvalue weighted by Crippen LogP contribution is -2.40. The molecule has 8 nitrogen and oxygen atoms in total. The molecule has 0 radical (unpaired) electrons. The second-order valence-corrected chi connectivity index (χ2v) is 9.14. The number of carbonyl (C=O) groups excluding carboxylic acids is 2. The van der Waals surface area contributed by atoms with E-state index >= 15 is 0 Å². The van der Waals surface area contributed by atoms with Gasteiger partial charge in [0.2, 0.25) is 0 Å². The maximum atomic E-state index is 12.6. The first kappa shape index (κ1) is 21.9. The molecule has 0 saturated carbocycles. The first-order chi connectivity index (χ1) is 13.0. The van der Waals surface area contributed by atoms with Gasteiger partial charge in [-0.3, -0.25) is 14.5 Å². The number of hydrogen-bond acceptors (Lipinski definition) is 6. The molecule has 1 heterocycles. The van der Waals surface area contributed by atoms with Crippen LogP contribution in [-0.2, 0) is 24.3 Å². The number of carbonyl (C=O) groups is 2. The van der Waals surface area contributed by atoms with E-state index in [9.17, 15) is 18.0 Å². The summed E-state index contributed by atoms with van der Waals surface area (Å²) in [6, 6.07) is 5.46. The van der Waals surface area contributed by atoms with Crippen molar-refractivity contribution < 1.29 is 22.7 Å². The lowest BCUT2D eigenvalue weighted by molar-refractivity contribution is -0.156. The van der Waals surface area contributed by atoms with Gasteiger partial charge in [-0.15, -0.1) is 0 Å². The van der Waals surface area contributed by atoms with Crippen LogP contribution in [0.3, 0.4) is 0 Å². The van der Waals surface area contributed by atoms with Crippen LogP contribution in [0.25, 0.3) is 0 Å². The fourth-order valence-corrected chi connectivity index (χ4v) is 3.83. The number of amides is 1. The minimum Gasteiger partial charge on any atom is -0.451 e. The Balaban J connectivity index is 2.19. The van der Waals surface area contributed by atoms with Crippen molar-refractivity contribution in [3.8, 4) is 0 Å². The van der Waals surface area contributed by atoms with Crippen molar-refractivity contribution >= 4 is 27.7 Å². The quantitative estimate of drug-likeness (QED) is 0.662. The Morgan fingerprint density at radius 2 is 1.79 bits per heavy atom. The summed E-state index contributed by atoms with van der Waals surface area (Å²) in [4.78, 5) is 29.1. The Bertz CT molecular complexity index is 877. The third-order valence-corrected chi connectivity index (χ3v) is 5.55. The summed E-state index contributed by atoms with van der Waals surface area (Å²) < 4.78 is 32.1. The molecule has 0 saturated heterocycles. The molecule has 1 aromatic rings. The average molecular weight is 410 g/mol. The number of nitrogens with zero attached hydrogens (tertiary/aromatic N) is 1. The smallest absolute Gasteiger partial charge is 0.331 e. The highest BCUT2D eigenvalue weighted by Gasteiger charge is 2.33. The van der Waals surface area contributed by atoms with Gasteiger partial charge in [-0.2, -0.15) is 0 Å². The van der Waals surface area contributed by atoms with Crippen LogP contribution in [0, 0.1) is 11.8 Å². The molecule has 0 spiro atoms. The van der Waals surface area contributed by atoms with Gasteiger partial charge in [0.1, 0.15) is 5.84 Å². The number of hydrogen-bond donors (Lipinski definition) is 2. The first-order valence-corrected chi connectivity index (χ1v) is 10.7. The van der Waals surface area contributed by atoms with Crippen molar-refractivity contribution in [1.82, 2.24) is 10.0 Å². The topological polar surface area (TPSA) is 114 Å². The number of esters is 1. The molecule has 0 unspecified atom stereocenters. The zero-order chi connectivity index (χ0) is 21.1. The normalized spacial score (nSPS) is 18.5. The van der Waals surface area contributed by atoms with Crippen LogP contribution in [0.5, 0.6) is 0 Å². The van der Waals surface area contributed by atoms with E-state index in [4.69, 9.17) is 4.74 Å². The van der Waals surface area contributed by atoms with Crippen LogP contribution >= 0.6 is 0 Å². The standard InChI is InChI=1S/C19H27N3O5S/c1-11(2)10-20-18(23)13(5)27-19(24)16(12(3)4)21-17-14-8-6-7-9-15(14)28(25,26)22-17/h6-9,11-13,16H,10H2,1-5H3,(H,20,23)(H,21,22)/t13-,16+/m1/s1. The van der Waals surface area contributed by atoms with E-state index in [1.807, 2.05) is 13.8 Å². The molecule has 1 aliphatic rings. The van der Waals surface area contributed by atoms with Gasteiger partial charge in [0.15, 0.2) is 12.1 Å². The Morgan fingerprint density at radius 1 is 1.14 bits per heavy atom. The molecule has 0 aromatic heterocycles. The predicted molar refractivity (Wildman–Crippen MR) is 105 cm³/mol. The lowest BCUT2D eigenvalue weighted by atomic mass is 10.0. The van der Waals surface area contributed by atoms with Gasteiger partial charge in [-0.05, 0) is 30.9 Å². The maximum Gasteiger partial charge on any atom is 0.331 e. The summed E-state index contributed by atoms with van der Waals surface area (Å²) in [6.07, 6.45) is -0.972. The molecular weight excluding hydrogens is 382 g/mol. The van der Waals surface area contributed by atoms with Crippen LogP contribution in [0.2, 0.25) is 0 Å². The van der Waals surface area contributed by atoms with Crippen molar-refractivity contribution in [2.45, 2.75) is 51.7 Å². The average Bonchev–Trinajstić information content (AvgIpc) is 2.87. The van der Waals surface area contributed by atoms with Gasteiger partial charge in [-0.1, -0.05) is 39.8 Å². The molecular formula is C19H27N3O5S. The van der Waals surface area contributed by atoms with Crippen LogP contribution in [-0.4, -0.2) is 44.8 Å². The highest BCUT2D eigenvalue weighted by molar-refractivity contribution is 7.90. The van der Waals surface area contributed by atoms with Crippen LogP contribution in [0.15, 0.2) is 34.2 Å². The molecule has 2 rings (SSSR count). The number of amidine groups is 1. The van der Waals surface area contributed by atoms with Gasteiger partial charge < -0.3 is 10.1 Å². The molecule has 0 aliphatic carbocycles.